The first-order chi connectivity index (χ1) is 12.1. The molecule has 0 unspecified atom stereocenters. The summed E-state index contributed by atoms with van der Waals surface area (Å²) in [4.78, 5) is 23.5. The number of rotatable bonds is 6. The molecule has 25 heavy (non-hydrogen) atoms. The van der Waals surface area contributed by atoms with Crippen molar-refractivity contribution in [3.05, 3.63) is 72.3 Å². The number of carbonyl (C=O) groups is 2. The van der Waals surface area contributed by atoms with Crippen LogP contribution in [0.5, 0.6) is 5.75 Å². The highest BCUT2D eigenvalue weighted by atomic mass is 16.3. The zero-order valence-electron chi connectivity index (χ0n) is 13.4. The normalized spacial score (nSPS) is 10.2. The van der Waals surface area contributed by atoms with E-state index in [1.54, 1.807) is 48.5 Å². The zero-order valence-corrected chi connectivity index (χ0v) is 13.4. The number of benzene rings is 2. The zero-order chi connectivity index (χ0) is 18.1. The van der Waals surface area contributed by atoms with Crippen molar-refractivity contribution >= 4 is 23.8 Å². The van der Waals surface area contributed by atoms with Gasteiger partial charge in [-0.1, -0.05) is 18.2 Å². The maximum absolute atomic E-state index is 12.0. The lowest BCUT2D eigenvalue weighted by molar-refractivity contribution is 0.0955. The Morgan fingerprint density at radius 1 is 1.12 bits per heavy atom. The standard InChI is InChI=1S/C18H18N4O3/c1-2-11-19-18(25)21-15-9-7-13(8-10-15)17(24)22-20-12-14-5-3-4-6-16(14)23/h2-10,12,23H,1,11H2,(H,22,24)(H2,19,21,25). The largest absolute Gasteiger partial charge is 0.507 e. The molecule has 0 atom stereocenters. The molecular formula is C18H18N4O3. The second-order valence-corrected chi connectivity index (χ2v) is 4.96. The molecule has 0 saturated heterocycles. The molecule has 0 saturated carbocycles. The second kappa shape index (κ2) is 8.88. The van der Waals surface area contributed by atoms with Gasteiger partial charge in [-0.05, 0) is 36.4 Å². The Labute approximate surface area is 145 Å². The van der Waals surface area contributed by atoms with Crippen molar-refractivity contribution in [1.29, 1.82) is 0 Å². The van der Waals surface area contributed by atoms with E-state index < -0.39 is 5.91 Å². The molecule has 128 valence electrons. The minimum absolute atomic E-state index is 0.0747. The summed E-state index contributed by atoms with van der Waals surface area (Å²) in [5.74, 6) is -0.333. The quantitative estimate of drug-likeness (QED) is 0.369. The summed E-state index contributed by atoms with van der Waals surface area (Å²) >= 11 is 0. The number of hydrogen-bond acceptors (Lipinski definition) is 4. The van der Waals surface area contributed by atoms with Gasteiger partial charge >= 0.3 is 6.03 Å². The van der Waals surface area contributed by atoms with Crippen LogP contribution in [0, 0.1) is 0 Å². The van der Waals surface area contributed by atoms with Crippen molar-refractivity contribution in [3.63, 3.8) is 0 Å². The van der Waals surface area contributed by atoms with Crippen LogP contribution in [-0.2, 0) is 0 Å². The molecule has 2 rings (SSSR count). The van der Waals surface area contributed by atoms with Gasteiger partial charge in [0.15, 0.2) is 0 Å². The van der Waals surface area contributed by atoms with E-state index in [4.69, 9.17) is 0 Å². The maximum Gasteiger partial charge on any atom is 0.319 e. The number of aromatic hydroxyl groups is 1. The Kier molecular flexibility index (Phi) is 6.30. The lowest BCUT2D eigenvalue weighted by Crippen LogP contribution is -2.28. The van der Waals surface area contributed by atoms with Gasteiger partial charge < -0.3 is 15.7 Å². The fourth-order valence-corrected chi connectivity index (χ4v) is 1.87. The summed E-state index contributed by atoms with van der Waals surface area (Å²) in [6, 6.07) is 12.6. The Balaban J connectivity index is 1.91. The molecule has 7 heteroatoms. The number of anilines is 1. The first-order valence-corrected chi connectivity index (χ1v) is 7.47. The average molecular weight is 338 g/mol. The van der Waals surface area contributed by atoms with Crippen molar-refractivity contribution in [1.82, 2.24) is 10.7 Å². The fourth-order valence-electron chi connectivity index (χ4n) is 1.87. The molecule has 2 aromatic rings. The van der Waals surface area contributed by atoms with E-state index in [9.17, 15) is 14.7 Å². The van der Waals surface area contributed by atoms with Gasteiger partial charge in [0.05, 0.1) is 6.21 Å². The van der Waals surface area contributed by atoms with Crippen LogP contribution in [0.3, 0.4) is 0 Å². The van der Waals surface area contributed by atoms with Crippen LogP contribution in [0.25, 0.3) is 0 Å². The highest BCUT2D eigenvalue weighted by Gasteiger charge is 2.05. The third-order valence-electron chi connectivity index (χ3n) is 3.12. The van der Waals surface area contributed by atoms with E-state index in [0.717, 1.165) is 0 Å². The number of urea groups is 1. The highest BCUT2D eigenvalue weighted by molar-refractivity contribution is 5.96. The lowest BCUT2D eigenvalue weighted by atomic mass is 10.2. The fraction of sp³-hybridized carbons (Fsp3) is 0.0556. The summed E-state index contributed by atoms with van der Waals surface area (Å²) in [6.45, 7) is 3.87. The van der Waals surface area contributed by atoms with Gasteiger partial charge in [0, 0.05) is 23.4 Å². The molecule has 0 aliphatic heterocycles. The Bertz CT molecular complexity index is 785. The van der Waals surface area contributed by atoms with Crippen LogP contribution in [-0.4, -0.2) is 29.8 Å². The van der Waals surface area contributed by atoms with Gasteiger partial charge in [-0.15, -0.1) is 6.58 Å². The monoisotopic (exact) mass is 338 g/mol. The highest BCUT2D eigenvalue weighted by Crippen LogP contribution is 2.12. The Morgan fingerprint density at radius 2 is 1.84 bits per heavy atom. The van der Waals surface area contributed by atoms with Crippen LogP contribution < -0.4 is 16.1 Å². The first kappa shape index (κ1) is 17.7. The van der Waals surface area contributed by atoms with Crippen molar-refractivity contribution in [2.75, 3.05) is 11.9 Å². The summed E-state index contributed by atoms with van der Waals surface area (Å²) in [7, 11) is 0. The third kappa shape index (κ3) is 5.51. The molecule has 7 nitrogen and oxygen atoms in total. The minimum Gasteiger partial charge on any atom is -0.507 e. The number of phenolic OH excluding ortho intramolecular Hbond substituents is 1. The summed E-state index contributed by atoms with van der Waals surface area (Å²) < 4.78 is 0. The van der Waals surface area contributed by atoms with Crippen molar-refractivity contribution in [3.8, 4) is 5.75 Å². The van der Waals surface area contributed by atoms with Crippen LogP contribution in [0.1, 0.15) is 15.9 Å². The Hall–Kier alpha value is -3.61. The van der Waals surface area contributed by atoms with Crippen molar-refractivity contribution < 1.29 is 14.7 Å². The number of para-hydroxylation sites is 1. The van der Waals surface area contributed by atoms with Crippen LogP contribution in [0.15, 0.2) is 66.3 Å². The molecule has 0 aliphatic rings. The number of hydrogen-bond donors (Lipinski definition) is 4. The molecule has 0 fully saturated rings. The maximum atomic E-state index is 12.0. The van der Waals surface area contributed by atoms with Crippen LogP contribution in [0.4, 0.5) is 10.5 Å². The number of nitrogens with one attached hydrogen (secondary N) is 3. The third-order valence-corrected chi connectivity index (χ3v) is 3.12. The van der Waals surface area contributed by atoms with Gasteiger partial charge in [0.1, 0.15) is 5.75 Å². The summed E-state index contributed by atoms with van der Waals surface area (Å²) in [5.41, 5.74) is 3.80. The van der Waals surface area contributed by atoms with Gasteiger partial charge in [-0.3, -0.25) is 4.79 Å². The molecule has 0 aromatic heterocycles. The molecular weight excluding hydrogens is 320 g/mol. The molecule has 2 aromatic carbocycles. The van der Waals surface area contributed by atoms with E-state index in [1.807, 2.05) is 0 Å². The Morgan fingerprint density at radius 3 is 2.52 bits per heavy atom. The van der Waals surface area contributed by atoms with Crippen molar-refractivity contribution in [2.24, 2.45) is 5.10 Å². The number of nitrogens with zero attached hydrogens (tertiary/aromatic N) is 1. The SMILES string of the molecule is C=CCNC(=O)Nc1ccc(C(=O)NN=Cc2ccccc2O)cc1. The number of phenols is 1. The topological polar surface area (TPSA) is 103 Å². The molecule has 0 bridgehead atoms. The minimum atomic E-state index is -0.408. The van der Waals surface area contributed by atoms with Crippen LogP contribution in [0.2, 0.25) is 0 Å². The predicted octanol–water partition coefficient (Wildman–Crippen LogP) is 2.46. The van der Waals surface area contributed by atoms with Gasteiger partial charge in [-0.25, -0.2) is 10.2 Å². The van der Waals surface area contributed by atoms with E-state index in [2.05, 4.69) is 27.7 Å². The summed E-state index contributed by atoms with van der Waals surface area (Å²) in [6.07, 6.45) is 2.93. The van der Waals surface area contributed by atoms with Crippen molar-refractivity contribution in [2.45, 2.75) is 0 Å². The number of carbonyl (C=O) groups excluding carboxylic acids is 2. The average Bonchev–Trinajstić information content (AvgIpc) is 2.62. The smallest absolute Gasteiger partial charge is 0.319 e. The number of amides is 3. The second-order valence-electron chi connectivity index (χ2n) is 4.96. The van der Waals surface area contributed by atoms with Gasteiger partial charge in [0.2, 0.25) is 0 Å². The van der Waals surface area contributed by atoms with Gasteiger partial charge in [0.25, 0.3) is 5.91 Å². The molecule has 0 radical (unpaired) electrons. The van der Waals surface area contributed by atoms with E-state index in [1.165, 1.54) is 12.3 Å². The van der Waals surface area contributed by atoms with E-state index >= 15 is 0 Å². The van der Waals surface area contributed by atoms with E-state index in [0.29, 0.717) is 23.4 Å². The number of hydrazone groups is 1. The molecule has 3 amide bonds. The summed E-state index contributed by atoms with van der Waals surface area (Å²) in [5, 5.41) is 18.6. The van der Waals surface area contributed by atoms with E-state index in [-0.39, 0.29) is 11.8 Å². The van der Waals surface area contributed by atoms with Gasteiger partial charge in [-0.2, -0.15) is 5.10 Å². The first-order valence-electron chi connectivity index (χ1n) is 7.47. The van der Waals surface area contributed by atoms with Crippen LogP contribution >= 0.6 is 0 Å². The predicted molar refractivity (Wildman–Crippen MR) is 96.8 cm³/mol. The molecule has 4 N–H and O–H groups in total. The molecule has 0 heterocycles. The molecule has 0 aliphatic carbocycles. The lowest BCUT2D eigenvalue weighted by Gasteiger charge is -2.06. The molecule has 0 spiro atoms.